The zero-order valence-corrected chi connectivity index (χ0v) is 14.3. The van der Waals surface area contributed by atoms with Crippen LogP contribution in [0.3, 0.4) is 0 Å². The Labute approximate surface area is 142 Å². The summed E-state index contributed by atoms with van der Waals surface area (Å²) in [6.07, 6.45) is 1.18. The lowest BCUT2D eigenvalue weighted by atomic mass is 9.83. The molecule has 0 unspecified atom stereocenters. The van der Waals surface area contributed by atoms with E-state index in [9.17, 15) is 24.3 Å². The Bertz CT molecular complexity index is 656. The quantitative estimate of drug-likeness (QED) is 0.536. The fraction of sp³-hybridized carbons (Fsp3) is 0.467. The van der Waals surface area contributed by atoms with Crippen LogP contribution in [0.4, 0.5) is 0 Å². The fourth-order valence-electron chi connectivity index (χ4n) is 2.92. The van der Waals surface area contributed by atoms with E-state index in [1.807, 2.05) is 0 Å². The van der Waals surface area contributed by atoms with Crippen molar-refractivity contribution in [3.05, 3.63) is 22.2 Å². The number of rotatable bonds is 6. The number of nitrogens with one attached hydrogen (secondary N) is 1. The minimum atomic E-state index is -1.18. The molecule has 2 aliphatic rings. The molecule has 0 bridgehead atoms. The van der Waals surface area contributed by atoms with Crippen LogP contribution in [0.1, 0.15) is 27.2 Å². The summed E-state index contributed by atoms with van der Waals surface area (Å²) in [6, 6.07) is -0.324. The molecule has 2 heterocycles. The molecular formula is C15H18N2O6S. The molecule has 0 radical (unpaired) electrons. The number of hydrogen-bond acceptors (Lipinski definition) is 6. The average molecular weight is 354 g/mol. The Hall–Kier alpha value is -2.29. The Morgan fingerprint density at radius 2 is 2.08 bits per heavy atom. The van der Waals surface area contributed by atoms with E-state index >= 15 is 0 Å². The van der Waals surface area contributed by atoms with Crippen LogP contribution in [0.5, 0.6) is 0 Å². The number of hydrogen-bond donors (Lipinski definition) is 2. The first kappa shape index (κ1) is 18.1. The molecule has 2 amide bonds. The number of fused-ring (bicyclic) bond motifs is 1. The van der Waals surface area contributed by atoms with E-state index in [-0.39, 0.29) is 23.6 Å². The van der Waals surface area contributed by atoms with Crippen molar-refractivity contribution in [1.82, 2.24) is 10.2 Å². The third-order valence-electron chi connectivity index (χ3n) is 3.79. The third-order valence-corrected chi connectivity index (χ3v) is 4.71. The molecule has 8 nitrogen and oxygen atoms in total. The molecular weight excluding hydrogens is 336 g/mol. The van der Waals surface area contributed by atoms with Crippen LogP contribution in [0, 0.1) is 5.92 Å². The zero-order chi connectivity index (χ0) is 18.0. The van der Waals surface area contributed by atoms with Gasteiger partial charge in [0.05, 0.1) is 12.0 Å². The summed E-state index contributed by atoms with van der Waals surface area (Å²) in [5.41, 5.74) is -0.0475. The van der Waals surface area contributed by atoms with Crippen LogP contribution in [0.25, 0.3) is 0 Å². The number of aliphatic carboxylic acids is 1. The standard InChI is InChI=1S/C15H18N2O6S/c1-7(23-9(3)19)12-10-6-11(24-5-4-16-8(2)18)13(15(21)22)17(10)14(12)20/h4-5,7,10,12H,6H2,1-3H3,(H,16,18)(H,21,22)/b5-4+/t7-,10+,12+/m0/s1. The summed E-state index contributed by atoms with van der Waals surface area (Å²) in [6.45, 7) is 4.25. The van der Waals surface area contributed by atoms with Gasteiger partial charge < -0.3 is 20.1 Å². The number of nitrogens with zero attached hydrogens (tertiary/aromatic N) is 1. The molecule has 3 atom stereocenters. The molecule has 0 aromatic rings. The van der Waals surface area contributed by atoms with E-state index in [1.54, 1.807) is 12.3 Å². The van der Waals surface area contributed by atoms with Crippen LogP contribution in [0.15, 0.2) is 22.2 Å². The number of amides is 2. The maximum Gasteiger partial charge on any atom is 0.353 e. The monoisotopic (exact) mass is 354 g/mol. The van der Waals surface area contributed by atoms with E-state index in [0.717, 1.165) is 11.8 Å². The van der Waals surface area contributed by atoms with E-state index in [4.69, 9.17) is 4.74 Å². The zero-order valence-electron chi connectivity index (χ0n) is 13.4. The van der Waals surface area contributed by atoms with Gasteiger partial charge in [-0.2, -0.15) is 0 Å². The molecule has 9 heteroatoms. The number of carboxylic acid groups (broad SMARTS) is 1. The lowest BCUT2D eigenvalue weighted by Crippen LogP contribution is -2.62. The second-order valence-corrected chi connectivity index (χ2v) is 6.52. The van der Waals surface area contributed by atoms with Gasteiger partial charge in [-0.1, -0.05) is 11.8 Å². The van der Waals surface area contributed by atoms with Gasteiger partial charge in [0.2, 0.25) is 11.8 Å². The largest absolute Gasteiger partial charge is 0.477 e. The summed E-state index contributed by atoms with van der Waals surface area (Å²) in [4.78, 5) is 47.4. The summed E-state index contributed by atoms with van der Waals surface area (Å²) in [5, 5.41) is 13.4. The van der Waals surface area contributed by atoms with Crippen molar-refractivity contribution >= 4 is 35.5 Å². The predicted octanol–water partition coefficient (Wildman–Crippen LogP) is 0.805. The number of β-lactam (4-membered cyclic amide) rings is 1. The second kappa shape index (κ2) is 7.08. The lowest BCUT2D eigenvalue weighted by molar-refractivity contribution is -0.169. The minimum Gasteiger partial charge on any atom is -0.477 e. The number of carbonyl (C=O) groups excluding carboxylic acids is 3. The van der Waals surface area contributed by atoms with Gasteiger partial charge in [-0.25, -0.2) is 4.79 Å². The SMILES string of the molecule is CC(=O)N/C=C/SC1=C(C(=O)O)N2C(=O)[C@H]([C@H](C)OC(C)=O)[C@H]2C1. The normalized spacial score (nSPS) is 23.8. The van der Waals surface area contributed by atoms with Crippen LogP contribution < -0.4 is 5.32 Å². The third kappa shape index (κ3) is 3.45. The molecule has 24 heavy (non-hydrogen) atoms. The Morgan fingerprint density at radius 1 is 1.42 bits per heavy atom. The highest BCUT2D eigenvalue weighted by atomic mass is 32.2. The van der Waals surface area contributed by atoms with Gasteiger partial charge in [-0.15, -0.1) is 0 Å². The topological polar surface area (TPSA) is 113 Å². The van der Waals surface area contributed by atoms with Crippen LogP contribution in [0.2, 0.25) is 0 Å². The number of carbonyl (C=O) groups is 4. The van der Waals surface area contributed by atoms with Gasteiger partial charge in [0, 0.05) is 31.4 Å². The van der Waals surface area contributed by atoms with E-state index in [0.29, 0.717) is 11.3 Å². The maximum absolute atomic E-state index is 12.3. The fourth-order valence-corrected chi connectivity index (χ4v) is 3.79. The molecule has 0 aromatic carbocycles. The van der Waals surface area contributed by atoms with Crippen molar-refractivity contribution in [3.63, 3.8) is 0 Å². The molecule has 2 N–H and O–H groups in total. The van der Waals surface area contributed by atoms with Crippen molar-refractivity contribution < 1.29 is 29.0 Å². The van der Waals surface area contributed by atoms with Crippen LogP contribution in [-0.2, 0) is 23.9 Å². The summed E-state index contributed by atoms with van der Waals surface area (Å²) in [5.74, 6) is -2.79. The highest BCUT2D eigenvalue weighted by Gasteiger charge is 2.57. The van der Waals surface area contributed by atoms with Crippen LogP contribution in [-0.4, -0.2) is 45.9 Å². The minimum absolute atomic E-state index is 0.0475. The van der Waals surface area contributed by atoms with Crippen molar-refractivity contribution in [2.24, 2.45) is 5.92 Å². The average Bonchev–Trinajstić information content (AvgIpc) is 2.77. The molecule has 0 spiro atoms. The first-order valence-electron chi connectivity index (χ1n) is 7.29. The lowest BCUT2D eigenvalue weighted by Gasteiger charge is -2.45. The molecule has 2 aliphatic heterocycles. The number of ether oxygens (including phenoxy) is 1. The van der Waals surface area contributed by atoms with Gasteiger partial charge in [0.25, 0.3) is 0 Å². The summed E-state index contributed by atoms with van der Waals surface area (Å²) < 4.78 is 5.07. The van der Waals surface area contributed by atoms with Gasteiger partial charge in [-0.3, -0.25) is 14.4 Å². The summed E-state index contributed by atoms with van der Waals surface area (Å²) >= 11 is 1.14. The second-order valence-electron chi connectivity index (χ2n) is 5.52. The van der Waals surface area contributed by atoms with Crippen molar-refractivity contribution in [2.75, 3.05) is 0 Å². The molecule has 0 aliphatic carbocycles. The number of thioether (sulfide) groups is 1. The highest BCUT2D eigenvalue weighted by Crippen LogP contribution is 2.47. The maximum atomic E-state index is 12.3. The molecule has 1 saturated heterocycles. The van der Waals surface area contributed by atoms with E-state index in [1.165, 1.54) is 24.9 Å². The Morgan fingerprint density at radius 3 is 2.62 bits per heavy atom. The molecule has 0 saturated carbocycles. The van der Waals surface area contributed by atoms with Gasteiger partial charge >= 0.3 is 11.9 Å². The van der Waals surface area contributed by atoms with Gasteiger partial charge in [0.1, 0.15) is 11.8 Å². The first-order valence-corrected chi connectivity index (χ1v) is 8.17. The van der Waals surface area contributed by atoms with Gasteiger partial charge in [-0.05, 0) is 12.3 Å². The van der Waals surface area contributed by atoms with Crippen molar-refractivity contribution in [3.8, 4) is 0 Å². The van der Waals surface area contributed by atoms with Crippen molar-refractivity contribution in [1.29, 1.82) is 0 Å². The number of carboxylic acids is 1. The van der Waals surface area contributed by atoms with E-state index < -0.39 is 24.0 Å². The Kier molecular flexibility index (Phi) is 5.33. The molecule has 1 fully saturated rings. The Balaban J connectivity index is 2.12. The summed E-state index contributed by atoms with van der Waals surface area (Å²) in [7, 11) is 0. The predicted molar refractivity (Wildman–Crippen MR) is 85.2 cm³/mol. The molecule has 0 aromatic heterocycles. The molecule has 2 rings (SSSR count). The van der Waals surface area contributed by atoms with Crippen LogP contribution >= 0.6 is 11.8 Å². The van der Waals surface area contributed by atoms with E-state index in [2.05, 4.69) is 5.32 Å². The smallest absolute Gasteiger partial charge is 0.353 e. The number of esters is 1. The first-order chi connectivity index (χ1) is 11.2. The molecule has 130 valence electrons. The van der Waals surface area contributed by atoms with Crippen molar-refractivity contribution in [2.45, 2.75) is 39.3 Å². The highest BCUT2D eigenvalue weighted by molar-refractivity contribution is 8.05. The van der Waals surface area contributed by atoms with Gasteiger partial charge in [0.15, 0.2) is 0 Å².